The van der Waals surface area contributed by atoms with E-state index in [1.165, 1.54) is 0 Å². The molecule has 0 bridgehead atoms. The van der Waals surface area contributed by atoms with Crippen LogP contribution in [0, 0.1) is 0 Å². The normalized spacial score (nSPS) is 12.6. The van der Waals surface area contributed by atoms with Crippen LogP contribution in [-0.2, 0) is 66.7 Å². The lowest BCUT2D eigenvalue weighted by molar-refractivity contribution is -0.198. The molecule has 47 heavy (non-hydrogen) atoms. The predicted octanol–water partition coefficient (Wildman–Crippen LogP) is -0.953. The summed E-state index contributed by atoms with van der Waals surface area (Å²) in [6.45, 7) is 7.44. The molecule has 0 aromatic heterocycles. The van der Waals surface area contributed by atoms with Gasteiger partial charge in [-0.15, -0.1) is 5.06 Å². The number of nitrogens with one attached hydrogen (secondary N) is 1. The van der Waals surface area contributed by atoms with Gasteiger partial charge in [0.1, 0.15) is 0 Å². The summed E-state index contributed by atoms with van der Waals surface area (Å²) >= 11 is 3.05. The number of hydrogen-bond acceptors (Lipinski definition) is 15. The van der Waals surface area contributed by atoms with Gasteiger partial charge in [0.25, 0.3) is 11.8 Å². The van der Waals surface area contributed by atoms with Crippen molar-refractivity contribution in [3.63, 3.8) is 0 Å². The largest absolute Gasteiger partial charge is 0.481 e. The van der Waals surface area contributed by atoms with Gasteiger partial charge >= 0.3 is 11.9 Å². The molecule has 0 radical (unpaired) electrons. The number of hydroxylamine groups is 2. The van der Waals surface area contributed by atoms with E-state index in [0.29, 0.717) is 104 Å². The van der Waals surface area contributed by atoms with E-state index in [0.717, 1.165) is 0 Å². The number of hydrogen-bond donors (Lipinski definition) is 3. The van der Waals surface area contributed by atoms with Crippen molar-refractivity contribution in [3.8, 4) is 0 Å². The number of carbonyl (C=O) groups excluding carboxylic acids is 4. The van der Waals surface area contributed by atoms with Crippen LogP contribution in [0.25, 0.3) is 0 Å². The Morgan fingerprint density at radius 1 is 0.638 bits per heavy atom. The van der Waals surface area contributed by atoms with Gasteiger partial charge < -0.3 is 58.9 Å². The van der Waals surface area contributed by atoms with Crippen molar-refractivity contribution < 1.29 is 71.8 Å². The van der Waals surface area contributed by atoms with Gasteiger partial charge in [-0.05, 0) is 0 Å². The fourth-order valence-corrected chi connectivity index (χ4v) is 3.24. The fourth-order valence-electron chi connectivity index (χ4n) is 3.04. The maximum Gasteiger partial charge on any atom is 0.335 e. The van der Waals surface area contributed by atoms with Gasteiger partial charge in [0.2, 0.25) is 5.91 Å². The smallest absolute Gasteiger partial charge is 0.335 e. The molecule has 1 aliphatic heterocycles. The van der Waals surface area contributed by atoms with Crippen LogP contribution in [-0.4, -0.2) is 164 Å². The SMILES string of the molecule is NCCOCCOCCOCCOCCC(=O)O.O=C(CBr)NCCOCCOCCOCCOCCC(=O)ON1C(=O)CCC1=O. The Labute approximate surface area is 283 Å². The lowest BCUT2D eigenvalue weighted by atomic mass is 10.4. The van der Waals surface area contributed by atoms with Gasteiger partial charge in [-0.1, -0.05) is 15.9 Å². The van der Waals surface area contributed by atoms with Crippen molar-refractivity contribution in [1.29, 1.82) is 0 Å². The quantitative estimate of drug-likeness (QED) is 0.0441. The number of rotatable bonds is 31. The number of imide groups is 1. The van der Waals surface area contributed by atoms with Crippen LogP contribution < -0.4 is 11.1 Å². The number of nitrogens with zero attached hydrogens (tertiary/aromatic N) is 1. The van der Waals surface area contributed by atoms with Crippen molar-refractivity contribution in [2.45, 2.75) is 25.7 Å². The van der Waals surface area contributed by atoms with Crippen molar-refractivity contribution in [3.05, 3.63) is 0 Å². The molecule has 0 aromatic rings. The number of carboxylic acids is 1. The Morgan fingerprint density at radius 3 is 1.43 bits per heavy atom. The minimum absolute atomic E-state index is 0.0198. The van der Waals surface area contributed by atoms with Crippen LogP contribution in [0.3, 0.4) is 0 Å². The molecule has 0 atom stereocenters. The van der Waals surface area contributed by atoms with Crippen LogP contribution in [0.2, 0.25) is 0 Å². The minimum atomic E-state index is -0.860. The molecule has 18 nitrogen and oxygen atoms in total. The van der Waals surface area contributed by atoms with Gasteiger partial charge in [0.05, 0.1) is 124 Å². The summed E-state index contributed by atoms with van der Waals surface area (Å²) in [5.74, 6) is -2.66. The van der Waals surface area contributed by atoms with Gasteiger partial charge in [-0.25, -0.2) is 4.79 Å². The molecule has 1 saturated heterocycles. The van der Waals surface area contributed by atoms with E-state index in [1.54, 1.807) is 0 Å². The van der Waals surface area contributed by atoms with E-state index in [1.807, 2.05) is 0 Å². The number of aliphatic carboxylic acids is 1. The summed E-state index contributed by atoms with van der Waals surface area (Å²) in [4.78, 5) is 59.9. The van der Waals surface area contributed by atoms with Crippen LogP contribution >= 0.6 is 15.9 Å². The number of nitrogens with two attached hydrogens (primary N) is 1. The van der Waals surface area contributed by atoms with Gasteiger partial charge in [-0.3, -0.25) is 19.2 Å². The van der Waals surface area contributed by atoms with Crippen LogP contribution in [0.5, 0.6) is 0 Å². The van der Waals surface area contributed by atoms with Crippen LogP contribution in [0.15, 0.2) is 0 Å². The van der Waals surface area contributed by atoms with E-state index in [-0.39, 0.29) is 56.7 Å². The van der Waals surface area contributed by atoms with Crippen molar-refractivity contribution in [1.82, 2.24) is 10.4 Å². The Balaban J connectivity index is 0.00000101. The zero-order chi connectivity index (χ0) is 34.8. The second-order valence-electron chi connectivity index (χ2n) is 9.11. The van der Waals surface area contributed by atoms with E-state index < -0.39 is 23.8 Å². The van der Waals surface area contributed by atoms with Gasteiger partial charge in [-0.2, -0.15) is 0 Å². The molecule has 0 aliphatic carbocycles. The molecule has 3 amide bonds. The lowest BCUT2D eigenvalue weighted by Crippen LogP contribution is -2.32. The first-order valence-electron chi connectivity index (χ1n) is 15.2. The van der Waals surface area contributed by atoms with Crippen molar-refractivity contribution in [2.24, 2.45) is 5.73 Å². The number of halogens is 1. The molecule has 0 saturated carbocycles. The molecule has 0 spiro atoms. The zero-order valence-electron chi connectivity index (χ0n) is 26.8. The fraction of sp³-hybridized carbons (Fsp3) is 0.821. The third kappa shape index (κ3) is 30.7. The predicted molar refractivity (Wildman–Crippen MR) is 166 cm³/mol. The van der Waals surface area contributed by atoms with Crippen LogP contribution in [0.1, 0.15) is 25.7 Å². The third-order valence-corrected chi connectivity index (χ3v) is 5.80. The maximum absolute atomic E-state index is 11.5. The zero-order valence-corrected chi connectivity index (χ0v) is 28.4. The number of alkyl halides is 1. The molecular weight excluding hydrogens is 698 g/mol. The number of carboxylic acid groups (broad SMARTS) is 1. The summed E-state index contributed by atoms with van der Waals surface area (Å²) in [6.07, 6.45) is 0.0772. The topological polar surface area (TPSA) is 230 Å². The molecule has 1 heterocycles. The summed E-state index contributed by atoms with van der Waals surface area (Å²) in [6, 6.07) is 0. The number of ether oxygens (including phenoxy) is 8. The third-order valence-electron chi connectivity index (χ3n) is 5.29. The monoisotopic (exact) mass is 747 g/mol. The summed E-state index contributed by atoms with van der Waals surface area (Å²) < 4.78 is 41.7. The molecule has 1 aliphatic rings. The first kappa shape index (κ1) is 44.7. The first-order valence-corrected chi connectivity index (χ1v) is 16.4. The standard InChI is InChI=1S/C17H27BrN2O9.C11H23NO6/c18-13-14(21)19-4-6-26-8-10-28-12-11-27-9-7-25-5-3-17(24)29-20-15(22)1-2-16(20)23;12-2-4-16-6-8-18-10-9-17-7-5-15-3-1-11(13)14/h1-13H2,(H,19,21);1-10,12H2,(H,13,14). The second-order valence-corrected chi connectivity index (χ2v) is 9.67. The van der Waals surface area contributed by atoms with Gasteiger partial charge in [0.15, 0.2) is 0 Å². The highest BCUT2D eigenvalue weighted by molar-refractivity contribution is 9.09. The molecule has 0 aromatic carbocycles. The van der Waals surface area contributed by atoms with Crippen molar-refractivity contribution in [2.75, 3.05) is 124 Å². The molecular formula is C28H50BrN3O15. The molecule has 4 N–H and O–H groups in total. The lowest BCUT2D eigenvalue weighted by Gasteiger charge is -2.12. The Hall–Kier alpha value is -2.33. The number of carbonyl (C=O) groups is 5. The Kier molecular flexibility index (Phi) is 31.9. The summed E-state index contributed by atoms with van der Waals surface area (Å²) in [7, 11) is 0. The summed E-state index contributed by atoms with van der Waals surface area (Å²) in [5.41, 5.74) is 5.25. The molecule has 19 heteroatoms. The Bertz CT molecular complexity index is 825. The highest BCUT2D eigenvalue weighted by atomic mass is 79.9. The molecule has 0 unspecified atom stereocenters. The molecule has 1 rings (SSSR count). The van der Waals surface area contributed by atoms with E-state index in [9.17, 15) is 24.0 Å². The van der Waals surface area contributed by atoms with Gasteiger partial charge in [0, 0.05) is 25.9 Å². The van der Waals surface area contributed by atoms with E-state index in [2.05, 4.69) is 21.2 Å². The Morgan fingerprint density at radius 2 is 1.02 bits per heavy atom. The second kappa shape index (κ2) is 33.6. The van der Waals surface area contributed by atoms with Crippen molar-refractivity contribution >= 4 is 45.6 Å². The minimum Gasteiger partial charge on any atom is -0.481 e. The highest BCUT2D eigenvalue weighted by Crippen LogP contribution is 2.12. The number of amides is 3. The van der Waals surface area contributed by atoms with Crippen LogP contribution in [0.4, 0.5) is 0 Å². The average Bonchev–Trinajstić information content (AvgIpc) is 3.37. The van der Waals surface area contributed by atoms with E-state index >= 15 is 0 Å². The van der Waals surface area contributed by atoms with E-state index in [4.69, 9.17) is 53.6 Å². The summed E-state index contributed by atoms with van der Waals surface area (Å²) in [5, 5.41) is 11.8. The highest BCUT2D eigenvalue weighted by Gasteiger charge is 2.32. The first-order chi connectivity index (χ1) is 22.8. The molecule has 1 fully saturated rings. The maximum atomic E-state index is 11.5. The average molecular weight is 749 g/mol. The molecule has 274 valence electrons.